The molecule has 0 aromatic heterocycles. The summed E-state index contributed by atoms with van der Waals surface area (Å²) in [6.45, 7) is 8.51. The van der Waals surface area contributed by atoms with E-state index in [4.69, 9.17) is 14.2 Å². The van der Waals surface area contributed by atoms with Gasteiger partial charge >= 0.3 is 0 Å². The van der Waals surface area contributed by atoms with E-state index >= 15 is 0 Å². The van der Waals surface area contributed by atoms with E-state index in [-0.39, 0.29) is 5.78 Å². The van der Waals surface area contributed by atoms with Crippen LogP contribution in [0, 0.1) is 0 Å². The number of benzene rings is 2. The number of ether oxygens (including phenoxy) is 3. The van der Waals surface area contributed by atoms with Gasteiger partial charge in [-0.3, -0.25) is 14.6 Å². The molecule has 1 fully saturated rings. The second kappa shape index (κ2) is 8.84. The number of carbonyl (C=O) groups is 1. The van der Waals surface area contributed by atoms with Crippen LogP contribution in [0.5, 0.6) is 17.2 Å². The minimum atomic E-state index is 0.0816. The molecule has 154 valence electrons. The van der Waals surface area contributed by atoms with Gasteiger partial charge in [0.2, 0.25) is 0 Å². The lowest BCUT2D eigenvalue weighted by Gasteiger charge is -2.35. The third-order valence-electron chi connectivity index (χ3n) is 5.56. The topological polar surface area (TPSA) is 51.2 Å². The third-order valence-corrected chi connectivity index (χ3v) is 5.56. The molecule has 0 spiro atoms. The second-order valence-electron chi connectivity index (χ2n) is 7.61. The van der Waals surface area contributed by atoms with Gasteiger partial charge in [-0.15, -0.1) is 0 Å². The Balaban J connectivity index is 1.34. The minimum Gasteiger partial charge on any atom is -0.496 e. The summed E-state index contributed by atoms with van der Waals surface area (Å²) in [5.41, 5.74) is 3.05. The molecule has 6 nitrogen and oxygen atoms in total. The third kappa shape index (κ3) is 4.71. The van der Waals surface area contributed by atoms with Crippen LogP contribution in [0.2, 0.25) is 0 Å². The van der Waals surface area contributed by atoms with Crippen molar-refractivity contribution in [3.8, 4) is 17.2 Å². The Labute approximate surface area is 172 Å². The Hall–Kier alpha value is -2.57. The zero-order valence-electron chi connectivity index (χ0n) is 17.1. The lowest BCUT2D eigenvalue weighted by atomic mass is 10.1. The van der Waals surface area contributed by atoms with E-state index in [9.17, 15) is 4.79 Å². The highest BCUT2D eigenvalue weighted by Crippen LogP contribution is 2.31. The van der Waals surface area contributed by atoms with Gasteiger partial charge in [-0.1, -0.05) is 6.07 Å². The van der Waals surface area contributed by atoms with Crippen LogP contribution in [-0.4, -0.2) is 62.1 Å². The number of methoxy groups -OCH3 is 1. The van der Waals surface area contributed by atoms with Crippen molar-refractivity contribution >= 4 is 5.78 Å². The lowest BCUT2D eigenvalue weighted by Crippen LogP contribution is -2.45. The molecule has 0 N–H and O–H groups in total. The van der Waals surface area contributed by atoms with Crippen molar-refractivity contribution in [3.63, 3.8) is 0 Å². The van der Waals surface area contributed by atoms with E-state index < -0.39 is 0 Å². The molecule has 2 aromatic carbocycles. The quantitative estimate of drug-likeness (QED) is 0.700. The fourth-order valence-electron chi connectivity index (χ4n) is 3.91. The van der Waals surface area contributed by atoms with Crippen molar-refractivity contribution < 1.29 is 19.0 Å². The molecule has 2 aliphatic heterocycles. The highest BCUT2D eigenvalue weighted by Gasteiger charge is 2.20. The van der Waals surface area contributed by atoms with Crippen molar-refractivity contribution in [2.45, 2.75) is 20.0 Å². The molecular formula is C23H28N2O4. The first-order valence-electron chi connectivity index (χ1n) is 10.1. The molecular weight excluding hydrogens is 368 g/mol. The fourth-order valence-corrected chi connectivity index (χ4v) is 3.91. The number of piperazine rings is 1. The second-order valence-corrected chi connectivity index (χ2v) is 7.61. The average Bonchev–Trinajstić information content (AvgIpc) is 2.75. The molecule has 6 heteroatoms. The molecule has 0 unspecified atom stereocenters. The molecule has 1 saturated heterocycles. The van der Waals surface area contributed by atoms with Gasteiger partial charge in [0.25, 0.3) is 0 Å². The Bertz CT molecular complexity index is 875. The summed E-state index contributed by atoms with van der Waals surface area (Å²) in [7, 11) is 1.68. The van der Waals surface area contributed by atoms with Crippen molar-refractivity contribution in [2.24, 2.45) is 0 Å². The summed E-state index contributed by atoms with van der Waals surface area (Å²) in [6, 6.07) is 11.9. The zero-order chi connectivity index (χ0) is 20.2. The SMILES string of the molecule is COc1ccc(C(C)=O)cc1CN1CCN(Cc2ccc3c(c2)OCCO3)CC1. The normalized spacial score (nSPS) is 17.2. The number of rotatable bonds is 6. The number of hydrogen-bond acceptors (Lipinski definition) is 6. The summed E-state index contributed by atoms with van der Waals surface area (Å²) >= 11 is 0. The molecule has 29 heavy (non-hydrogen) atoms. The first-order valence-corrected chi connectivity index (χ1v) is 10.1. The first kappa shape index (κ1) is 19.7. The Kier molecular flexibility index (Phi) is 6.02. The predicted molar refractivity (Wildman–Crippen MR) is 111 cm³/mol. The average molecular weight is 396 g/mol. The molecule has 0 atom stereocenters. The number of Topliss-reactive ketones (excluding diaryl/α,β-unsaturated/α-hetero) is 1. The van der Waals surface area contributed by atoms with Gasteiger partial charge in [0.1, 0.15) is 19.0 Å². The van der Waals surface area contributed by atoms with E-state index in [0.29, 0.717) is 13.2 Å². The fraction of sp³-hybridized carbons (Fsp3) is 0.435. The van der Waals surface area contributed by atoms with Gasteiger partial charge in [0.15, 0.2) is 17.3 Å². The predicted octanol–water partition coefficient (Wildman–Crippen LogP) is 2.99. The van der Waals surface area contributed by atoms with Crippen LogP contribution in [0.15, 0.2) is 36.4 Å². The molecule has 0 bridgehead atoms. The summed E-state index contributed by atoms with van der Waals surface area (Å²) in [5, 5.41) is 0. The molecule has 2 aliphatic rings. The number of nitrogens with zero attached hydrogens (tertiary/aromatic N) is 2. The van der Waals surface area contributed by atoms with E-state index in [0.717, 1.165) is 67.6 Å². The first-order chi connectivity index (χ1) is 14.1. The molecule has 0 radical (unpaired) electrons. The maximum atomic E-state index is 11.7. The monoisotopic (exact) mass is 396 g/mol. The summed E-state index contributed by atoms with van der Waals surface area (Å²) in [6.07, 6.45) is 0. The van der Waals surface area contributed by atoms with Crippen molar-refractivity contribution in [3.05, 3.63) is 53.1 Å². The van der Waals surface area contributed by atoms with Gasteiger partial charge < -0.3 is 14.2 Å². The van der Waals surface area contributed by atoms with Crippen LogP contribution >= 0.6 is 0 Å². The summed E-state index contributed by atoms with van der Waals surface area (Å²) < 4.78 is 16.8. The largest absolute Gasteiger partial charge is 0.496 e. The maximum Gasteiger partial charge on any atom is 0.161 e. The molecule has 0 saturated carbocycles. The van der Waals surface area contributed by atoms with Crippen LogP contribution in [0.25, 0.3) is 0 Å². The lowest BCUT2D eigenvalue weighted by molar-refractivity contribution is 0.101. The van der Waals surface area contributed by atoms with Crippen LogP contribution in [-0.2, 0) is 13.1 Å². The van der Waals surface area contributed by atoms with Crippen molar-refractivity contribution in [2.75, 3.05) is 46.5 Å². The molecule has 0 amide bonds. The number of hydrogen-bond donors (Lipinski definition) is 0. The smallest absolute Gasteiger partial charge is 0.161 e. The Morgan fingerprint density at radius 3 is 2.31 bits per heavy atom. The van der Waals surface area contributed by atoms with Crippen LogP contribution < -0.4 is 14.2 Å². The summed E-state index contributed by atoms with van der Waals surface area (Å²) in [5.74, 6) is 2.61. The van der Waals surface area contributed by atoms with Gasteiger partial charge in [-0.2, -0.15) is 0 Å². The summed E-state index contributed by atoms with van der Waals surface area (Å²) in [4.78, 5) is 16.6. The number of ketones is 1. The number of fused-ring (bicyclic) bond motifs is 1. The van der Waals surface area contributed by atoms with Crippen molar-refractivity contribution in [1.82, 2.24) is 9.80 Å². The van der Waals surface area contributed by atoms with E-state index in [1.165, 1.54) is 5.56 Å². The van der Waals surface area contributed by atoms with Crippen LogP contribution in [0.1, 0.15) is 28.4 Å². The Morgan fingerprint density at radius 1 is 0.931 bits per heavy atom. The maximum absolute atomic E-state index is 11.7. The van der Waals surface area contributed by atoms with Gasteiger partial charge in [-0.25, -0.2) is 0 Å². The van der Waals surface area contributed by atoms with E-state index in [1.807, 2.05) is 24.3 Å². The highest BCUT2D eigenvalue weighted by molar-refractivity contribution is 5.94. The van der Waals surface area contributed by atoms with Crippen LogP contribution in [0.4, 0.5) is 0 Å². The van der Waals surface area contributed by atoms with Gasteiger partial charge in [0, 0.05) is 50.4 Å². The van der Waals surface area contributed by atoms with Gasteiger partial charge in [0.05, 0.1) is 7.11 Å². The van der Waals surface area contributed by atoms with E-state index in [2.05, 4.69) is 21.9 Å². The Morgan fingerprint density at radius 2 is 1.62 bits per heavy atom. The molecule has 2 aromatic rings. The highest BCUT2D eigenvalue weighted by atomic mass is 16.6. The number of carbonyl (C=O) groups excluding carboxylic acids is 1. The molecule has 4 rings (SSSR count). The van der Waals surface area contributed by atoms with Gasteiger partial charge in [-0.05, 0) is 42.8 Å². The zero-order valence-corrected chi connectivity index (χ0v) is 17.1. The molecule has 0 aliphatic carbocycles. The molecule has 2 heterocycles. The minimum absolute atomic E-state index is 0.0816. The van der Waals surface area contributed by atoms with Crippen LogP contribution in [0.3, 0.4) is 0 Å². The van der Waals surface area contributed by atoms with Crippen molar-refractivity contribution in [1.29, 1.82) is 0 Å². The van der Waals surface area contributed by atoms with E-state index in [1.54, 1.807) is 14.0 Å². The standard InChI is InChI=1S/C23H28N2O4/c1-17(26)19-4-6-21(27-2)20(14-19)16-25-9-7-24(8-10-25)15-18-3-5-22-23(13-18)29-12-11-28-22/h3-6,13-14H,7-12,15-16H2,1-2H3.